The molecule has 134 valence electrons. The molecular formula is C24H20ClNO. The molecule has 2 nitrogen and oxygen atoms in total. The van der Waals surface area contributed by atoms with Gasteiger partial charge in [-0.2, -0.15) is 0 Å². The van der Waals surface area contributed by atoms with E-state index in [2.05, 4.69) is 24.0 Å². The van der Waals surface area contributed by atoms with E-state index in [1.54, 1.807) is 12.1 Å². The van der Waals surface area contributed by atoms with Crippen LogP contribution in [0, 0.1) is 6.92 Å². The molecule has 0 N–H and O–H groups in total. The predicted octanol–water partition coefficient (Wildman–Crippen LogP) is 5.92. The van der Waals surface area contributed by atoms with Crippen LogP contribution in [0.1, 0.15) is 22.3 Å². The molecular weight excluding hydrogens is 354 g/mol. The highest BCUT2D eigenvalue weighted by Gasteiger charge is 2.06. The summed E-state index contributed by atoms with van der Waals surface area (Å²) in [6.45, 7) is 2.05. The van der Waals surface area contributed by atoms with Gasteiger partial charge in [-0.15, -0.1) is 0 Å². The van der Waals surface area contributed by atoms with Crippen LogP contribution in [-0.4, -0.2) is 11.6 Å². The molecule has 0 saturated carbocycles. The fourth-order valence-electron chi connectivity index (χ4n) is 2.62. The maximum absolute atomic E-state index is 12.5. The fraction of sp³-hybridized carbons (Fsp3) is 0.0833. The molecule has 3 aromatic carbocycles. The van der Waals surface area contributed by atoms with Crippen LogP contribution < -0.4 is 0 Å². The lowest BCUT2D eigenvalue weighted by Crippen LogP contribution is -2.05. The number of nitrogens with zero attached hydrogens (tertiary/aromatic N) is 1. The Morgan fingerprint density at radius 1 is 0.926 bits per heavy atom. The first-order valence-electron chi connectivity index (χ1n) is 8.76. The smallest absolute Gasteiger partial charge is 0.250 e. The third-order valence-corrected chi connectivity index (χ3v) is 4.35. The molecule has 27 heavy (non-hydrogen) atoms. The Morgan fingerprint density at radius 2 is 1.59 bits per heavy atom. The van der Waals surface area contributed by atoms with Crippen LogP contribution in [0.4, 0.5) is 0 Å². The summed E-state index contributed by atoms with van der Waals surface area (Å²) in [7, 11) is 0. The lowest BCUT2D eigenvalue weighted by Gasteiger charge is -2.03. The zero-order chi connectivity index (χ0) is 19.1. The van der Waals surface area contributed by atoms with Crippen LogP contribution in [0.25, 0.3) is 6.08 Å². The minimum Gasteiger partial charge on any atom is -0.272 e. The average Bonchev–Trinajstić information content (AvgIpc) is 2.68. The Bertz CT molecular complexity index is 956. The normalized spacial score (nSPS) is 11.7. The van der Waals surface area contributed by atoms with E-state index >= 15 is 0 Å². The largest absolute Gasteiger partial charge is 0.272 e. The molecule has 0 saturated heterocycles. The van der Waals surface area contributed by atoms with Gasteiger partial charge in [-0.05, 0) is 36.3 Å². The van der Waals surface area contributed by atoms with Crippen molar-refractivity contribution < 1.29 is 4.79 Å². The first-order chi connectivity index (χ1) is 13.1. The van der Waals surface area contributed by atoms with Gasteiger partial charge in [-0.25, -0.2) is 4.99 Å². The molecule has 0 bridgehead atoms. The van der Waals surface area contributed by atoms with E-state index in [0.29, 0.717) is 10.7 Å². The Morgan fingerprint density at radius 3 is 2.26 bits per heavy atom. The minimum atomic E-state index is -0.181. The third-order valence-electron chi connectivity index (χ3n) is 4.09. The van der Waals surface area contributed by atoms with E-state index in [-0.39, 0.29) is 12.3 Å². The molecule has 0 unspecified atom stereocenters. The Labute approximate surface area is 164 Å². The Balaban J connectivity index is 1.87. The number of benzene rings is 3. The standard InChI is InChI=1S/C24H20ClNO/c1-18-7-9-19(10-8-18)11-16-23(21-12-14-22(25)15-13-21)26-24(27)17-20-5-3-2-4-6-20/h2-16H,17H2,1H3/b16-11+,26-23?. The first kappa shape index (κ1) is 18.8. The summed E-state index contributed by atoms with van der Waals surface area (Å²) in [5.41, 5.74) is 4.68. The second-order valence-electron chi connectivity index (χ2n) is 6.30. The topological polar surface area (TPSA) is 29.4 Å². The van der Waals surface area contributed by atoms with Crippen LogP contribution in [0.2, 0.25) is 5.02 Å². The molecule has 0 fully saturated rings. The highest BCUT2D eigenvalue weighted by atomic mass is 35.5. The first-order valence-corrected chi connectivity index (χ1v) is 9.14. The number of allylic oxidation sites excluding steroid dienone is 1. The molecule has 3 rings (SSSR count). The summed E-state index contributed by atoms with van der Waals surface area (Å²) < 4.78 is 0. The van der Waals surface area contributed by atoms with Gasteiger partial charge in [0.05, 0.1) is 12.1 Å². The molecule has 0 aromatic heterocycles. The molecule has 0 atom stereocenters. The van der Waals surface area contributed by atoms with Gasteiger partial charge in [-0.3, -0.25) is 4.79 Å². The summed E-state index contributed by atoms with van der Waals surface area (Å²) in [6.07, 6.45) is 4.11. The van der Waals surface area contributed by atoms with Crippen molar-refractivity contribution in [2.45, 2.75) is 13.3 Å². The number of rotatable bonds is 5. The molecule has 0 aliphatic rings. The third kappa shape index (κ3) is 5.77. The zero-order valence-electron chi connectivity index (χ0n) is 15.1. The van der Waals surface area contributed by atoms with Gasteiger partial charge < -0.3 is 0 Å². The van der Waals surface area contributed by atoms with Gasteiger partial charge in [-0.1, -0.05) is 90.0 Å². The van der Waals surface area contributed by atoms with Crippen molar-refractivity contribution in [3.63, 3.8) is 0 Å². The van der Waals surface area contributed by atoms with E-state index in [9.17, 15) is 4.79 Å². The molecule has 1 amide bonds. The maximum Gasteiger partial charge on any atom is 0.250 e. The van der Waals surface area contributed by atoms with Crippen LogP contribution >= 0.6 is 11.6 Å². The number of carbonyl (C=O) groups is 1. The van der Waals surface area contributed by atoms with Gasteiger partial charge in [0.15, 0.2) is 0 Å². The van der Waals surface area contributed by atoms with Crippen LogP contribution in [0.5, 0.6) is 0 Å². The molecule has 0 spiro atoms. The molecule has 0 heterocycles. The fourth-order valence-corrected chi connectivity index (χ4v) is 2.74. The van der Waals surface area contributed by atoms with Crippen molar-refractivity contribution in [1.82, 2.24) is 0 Å². The lowest BCUT2D eigenvalue weighted by atomic mass is 10.1. The SMILES string of the molecule is Cc1ccc(/C=C/C(=NC(=O)Cc2ccccc2)c2ccc(Cl)cc2)cc1. The van der Waals surface area contributed by atoms with Crippen molar-refractivity contribution in [2.24, 2.45) is 4.99 Å². The summed E-state index contributed by atoms with van der Waals surface area (Å²) >= 11 is 5.99. The number of amides is 1. The van der Waals surface area contributed by atoms with Crippen LogP contribution in [0.3, 0.4) is 0 Å². The molecule has 3 heteroatoms. The quantitative estimate of drug-likeness (QED) is 0.510. The summed E-state index contributed by atoms with van der Waals surface area (Å²) in [4.78, 5) is 16.8. The molecule has 3 aromatic rings. The second-order valence-corrected chi connectivity index (χ2v) is 6.74. The monoisotopic (exact) mass is 373 g/mol. The van der Waals surface area contributed by atoms with Gasteiger partial charge in [0.25, 0.3) is 5.91 Å². The molecule has 0 radical (unpaired) electrons. The number of hydrogen-bond donors (Lipinski definition) is 0. The number of halogens is 1. The van der Waals surface area contributed by atoms with Crippen molar-refractivity contribution in [3.05, 3.63) is 112 Å². The van der Waals surface area contributed by atoms with Crippen LogP contribution in [0.15, 0.2) is 89.9 Å². The van der Waals surface area contributed by atoms with Crippen molar-refractivity contribution in [3.8, 4) is 0 Å². The highest BCUT2D eigenvalue weighted by molar-refractivity contribution is 6.30. The predicted molar refractivity (Wildman–Crippen MR) is 113 cm³/mol. The molecule has 0 aliphatic heterocycles. The second kappa shape index (κ2) is 9.11. The van der Waals surface area contributed by atoms with Crippen molar-refractivity contribution in [2.75, 3.05) is 0 Å². The van der Waals surface area contributed by atoms with Gasteiger partial charge in [0.2, 0.25) is 0 Å². The van der Waals surface area contributed by atoms with Crippen molar-refractivity contribution >= 4 is 29.3 Å². The van der Waals surface area contributed by atoms with E-state index in [0.717, 1.165) is 16.7 Å². The summed E-state index contributed by atoms with van der Waals surface area (Å²) in [6, 6.07) is 25.2. The number of aryl methyl sites for hydroxylation is 1. The highest BCUT2D eigenvalue weighted by Crippen LogP contribution is 2.13. The lowest BCUT2D eigenvalue weighted by molar-refractivity contribution is -0.117. The number of hydrogen-bond acceptors (Lipinski definition) is 1. The number of aliphatic imine (C=N–C) groups is 1. The number of carbonyl (C=O) groups excluding carboxylic acids is 1. The Hall–Kier alpha value is -2.97. The van der Waals surface area contributed by atoms with Gasteiger partial charge >= 0.3 is 0 Å². The Kier molecular flexibility index (Phi) is 6.35. The van der Waals surface area contributed by atoms with E-state index < -0.39 is 0 Å². The van der Waals surface area contributed by atoms with E-state index in [1.807, 2.05) is 66.7 Å². The van der Waals surface area contributed by atoms with E-state index in [1.165, 1.54) is 5.56 Å². The van der Waals surface area contributed by atoms with E-state index in [4.69, 9.17) is 11.6 Å². The molecule has 0 aliphatic carbocycles. The maximum atomic E-state index is 12.5. The van der Waals surface area contributed by atoms with Crippen molar-refractivity contribution in [1.29, 1.82) is 0 Å². The van der Waals surface area contributed by atoms with Gasteiger partial charge in [0.1, 0.15) is 0 Å². The summed E-state index contributed by atoms with van der Waals surface area (Å²) in [5.74, 6) is -0.181. The minimum absolute atomic E-state index is 0.181. The average molecular weight is 374 g/mol. The zero-order valence-corrected chi connectivity index (χ0v) is 15.9. The van der Waals surface area contributed by atoms with Gasteiger partial charge in [0, 0.05) is 10.6 Å². The summed E-state index contributed by atoms with van der Waals surface area (Å²) in [5, 5.41) is 0.649. The van der Waals surface area contributed by atoms with Crippen LogP contribution in [-0.2, 0) is 11.2 Å².